The Labute approximate surface area is 205 Å². The van der Waals surface area contributed by atoms with Crippen molar-refractivity contribution in [2.24, 2.45) is 0 Å². The van der Waals surface area contributed by atoms with Crippen molar-refractivity contribution in [2.75, 3.05) is 24.9 Å². The number of aromatic nitrogens is 1. The van der Waals surface area contributed by atoms with Crippen LogP contribution in [-0.2, 0) is 10.5 Å². The molecule has 0 radical (unpaired) electrons. The monoisotopic (exact) mass is 506 g/mol. The fourth-order valence-electron chi connectivity index (χ4n) is 3.15. The lowest BCUT2D eigenvalue weighted by Crippen LogP contribution is -2.21. The van der Waals surface area contributed by atoms with E-state index in [1.54, 1.807) is 7.11 Å². The number of methoxy groups -OCH3 is 1. The molecule has 3 rings (SSSR count). The summed E-state index contributed by atoms with van der Waals surface area (Å²) in [5.74, 6) is -0.656. The van der Waals surface area contributed by atoms with Crippen LogP contribution in [0.3, 0.4) is 0 Å². The van der Waals surface area contributed by atoms with Crippen LogP contribution in [0.4, 0.5) is 14.5 Å². The number of hydrogen-bond acceptors (Lipinski definition) is 6. The normalized spacial score (nSPS) is 11.8. The van der Waals surface area contributed by atoms with Crippen molar-refractivity contribution in [1.82, 2.24) is 4.98 Å². The summed E-state index contributed by atoms with van der Waals surface area (Å²) in [7, 11) is 1.59. The van der Waals surface area contributed by atoms with E-state index in [-0.39, 0.29) is 5.56 Å². The molecule has 0 fully saturated rings. The minimum absolute atomic E-state index is 0.129. The topological polar surface area (TPSA) is 51.2 Å². The highest BCUT2D eigenvalue weighted by Gasteiger charge is 2.26. The Balaban J connectivity index is 1.92. The van der Waals surface area contributed by atoms with Gasteiger partial charge in [-0.2, -0.15) is 0 Å². The average Bonchev–Trinajstić information content (AvgIpc) is 2.81. The number of halogens is 2. The van der Waals surface area contributed by atoms with Gasteiger partial charge in [-0.15, -0.1) is 35.3 Å². The summed E-state index contributed by atoms with van der Waals surface area (Å²) >= 11 is 4.19. The predicted molar refractivity (Wildman–Crippen MR) is 135 cm³/mol. The van der Waals surface area contributed by atoms with E-state index < -0.39 is 22.8 Å². The van der Waals surface area contributed by atoms with Crippen molar-refractivity contribution < 1.29 is 18.3 Å². The second kappa shape index (κ2) is 11.8. The summed E-state index contributed by atoms with van der Waals surface area (Å²) in [5, 5.41) is 2.75. The molecule has 0 aliphatic heterocycles. The fourth-order valence-corrected chi connectivity index (χ4v) is 5.59. The Morgan fingerprint density at radius 1 is 1.09 bits per heavy atom. The maximum absolute atomic E-state index is 14.7. The number of thioether (sulfide) groups is 3. The van der Waals surface area contributed by atoms with Crippen molar-refractivity contribution in [3.8, 4) is 5.75 Å². The Hall–Kier alpha value is -2.23. The number of nitrogens with one attached hydrogen (secondary N) is 1. The first-order chi connectivity index (χ1) is 15.9. The van der Waals surface area contributed by atoms with Crippen LogP contribution in [0.25, 0.3) is 0 Å². The molecule has 174 valence electrons. The lowest BCUT2D eigenvalue weighted by atomic mass is 10.1. The molecule has 1 amide bonds. The minimum atomic E-state index is -0.890. The van der Waals surface area contributed by atoms with E-state index in [2.05, 4.69) is 10.3 Å². The molecule has 33 heavy (non-hydrogen) atoms. The second-order valence-electron chi connectivity index (χ2n) is 7.04. The molecule has 0 aliphatic carbocycles. The van der Waals surface area contributed by atoms with Gasteiger partial charge in [0.15, 0.2) is 0 Å². The highest BCUT2D eigenvalue weighted by molar-refractivity contribution is 8.00. The zero-order chi connectivity index (χ0) is 24.0. The molecule has 1 aromatic heterocycles. The first kappa shape index (κ1) is 25.4. The number of nitrogens with zero attached hydrogens (tertiary/aromatic N) is 1. The number of aryl methyl sites for hydroxylation is 1. The summed E-state index contributed by atoms with van der Waals surface area (Å²) in [6.45, 7) is 1.90. The maximum atomic E-state index is 14.7. The number of hydrogen-bond donors (Lipinski definition) is 1. The SMILES string of the molecule is COc1ccc(CSC(C(=O)Nc2c(SC)cc(C)nc2SC)c2ccc(F)cc2F)cc1. The summed E-state index contributed by atoms with van der Waals surface area (Å²) in [6.07, 6.45) is 3.81. The van der Waals surface area contributed by atoms with E-state index in [0.29, 0.717) is 16.5 Å². The molecule has 4 nitrogen and oxygen atoms in total. The molecule has 2 aromatic carbocycles. The summed E-state index contributed by atoms with van der Waals surface area (Å²) in [6, 6.07) is 12.6. The van der Waals surface area contributed by atoms with Crippen molar-refractivity contribution in [3.63, 3.8) is 0 Å². The first-order valence-corrected chi connectivity index (χ1v) is 13.5. The highest BCUT2D eigenvalue weighted by atomic mass is 32.2. The minimum Gasteiger partial charge on any atom is -0.497 e. The van der Waals surface area contributed by atoms with Crippen LogP contribution < -0.4 is 10.1 Å². The van der Waals surface area contributed by atoms with Crippen LogP contribution in [-0.4, -0.2) is 30.5 Å². The van der Waals surface area contributed by atoms with Crippen LogP contribution in [0.1, 0.15) is 22.1 Å². The van der Waals surface area contributed by atoms with Crippen LogP contribution in [0.5, 0.6) is 5.75 Å². The Morgan fingerprint density at radius 3 is 2.42 bits per heavy atom. The smallest absolute Gasteiger partial charge is 0.242 e. The molecule has 9 heteroatoms. The predicted octanol–water partition coefficient (Wildman–Crippen LogP) is 6.73. The molecular weight excluding hydrogens is 482 g/mol. The largest absolute Gasteiger partial charge is 0.497 e. The lowest BCUT2D eigenvalue weighted by molar-refractivity contribution is -0.115. The molecular formula is C24H24F2N2O2S3. The molecule has 1 atom stereocenters. The van der Waals surface area contributed by atoms with Gasteiger partial charge in [0.05, 0.1) is 12.8 Å². The number of rotatable bonds is 9. The van der Waals surface area contributed by atoms with E-state index in [0.717, 1.165) is 28.0 Å². The van der Waals surface area contributed by atoms with Crippen LogP contribution in [0, 0.1) is 18.6 Å². The third-order valence-electron chi connectivity index (χ3n) is 4.80. The van der Waals surface area contributed by atoms with Gasteiger partial charge < -0.3 is 10.1 Å². The molecule has 3 aromatic rings. The summed E-state index contributed by atoms with van der Waals surface area (Å²) in [4.78, 5) is 18.8. The number of ether oxygens (including phenoxy) is 1. The summed E-state index contributed by atoms with van der Waals surface area (Å²) in [5.41, 5.74) is 2.52. The van der Waals surface area contributed by atoms with Crippen molar-refractivity contribution in [2.45, 2.75) is 27.8 Å². The van der Waals surface area contributed by atoms with Gasteiger partial charge in [-0.05, 0) is 49.3 Å². The molecule has 1 N–H and O–H groups in total. The Bertz CT molecular complexity index is 1100. The number of pyridine rings is 1. The molecule has 0 aliphatic rings. The van der Waals surface area contributed by atoms with Gasteiger partial charge in [-0.1, -0.05) is 18.2 Å². The van der Waals surface area contributed by atoms with Crippen molar-refractivity contribution in [1.29, 1.82) is 0 Å². The molecule has 0 saturated carbocycles. The van der Waals surface area contributed by atoms with E-state index in [9.17, 15) is 13.6 Å². The zero-order valence-electron chi connectivity index (χ0n) is 18.6. The van der Waals surface area contributed by atoms with Gasteiger partial charge in [0.1, 0.15) is 27.7 Å². The average molecular weight is 507 g/mol. The third kappa shape index (κ3) is 6.43. The molecule has 0 saturated heterocycles. The van der Waals surface area contributed by atoms with E-state index in [4.69, 9.17) is 4.74 Å². The fraction of sp³-hybridized carbons (Fsp3) is 0.250. The van der Waals surface area contributed by atoms with Crippen LogP contribution in [0.2, 0.25) is 0 Å². The van der Waals surface area contributed by atoms with Crippen molar-refractivity contribution >= 4 is 46.9 Å². The third-order valence-corrected chi connectivity index (χ3v) is 7.54. The van der Waals surface area contributed by atoms with Crippen LogP contribution in [0.15, 0.2) is 58.5 Å². The van der Waals surface area contributed by atoms with E-state index in [1.165, 1.54) is 47.4 Å². The standard InChI is InChI=1S/C24H24F2N2O2S3/c1-14-11-20(31-3)21(24(27-14)32-4)28-23(29)22(18-10-7-16(25)12-19(18)26)33-13-15-5-8-17(30-2)9-6-15/h5-12,22H,13H2,1-4H3,(H,28,29). The summed E-state index contributed by atoms with van der Waals surface area (Å²) < 4.78 is 33.4. The molecule has 0 bridgehead atoms. The van der Waals surface area contributed by atoms with Gasteiger partial charge in [0.25, 0.3) is 0 Å². The number of carbonyl (C=O) groups is 1. The molecule has 0 spiro atoms. The van der Waals surface area contributed by atoms with E-state index in [1.807, 2.05) is 49.8 Å². The van der Waals surface area contributed by atoms with Gasteiger partial charge in [-0.3, -0.25) is 4.79 Å². The Kier molecular flexibility index (Phi) is 9.05. The highest BCUT2D eigenvalue weighted by Crippen LogP contribution is 2.38. The van der Waals surface area contributed by atoms with Gasteiger partial charge in [-0.25, -0.2) is 13.8 Å². The van der Waals surface area contributed by atoms with Crippen molar-refractivity contribution in [3.05, 3.63) is 77.0 Å². The lowest BCUT2D eigenvalue weighted by Gasteiger charge is -2.20. The van der Waals surface area contributed by atoms with Gasteiger partial charge in [0.2, 0.25) is 5.91 Å². The maximum Gasteiger partial charge on any atom is 0.242 e. The number of carbonyl (C=O) groups excluding carboxylic acids is 1. The van der Waals surface area contributed by atoms with Gasteiger partial charge >= 0.3 is 0 Å². The van der Waals surface area contributed by atoms with E-state index >= 15 is 0 Å². The van der Waals surface area contributed by atoms with Crippen LogP contribution >= 0.6 is 35.3 Å². The van der Waals surface area contributed by atoms with Gasteiger partial charge in [0, 0.05) is 28.0 Å². The quantitative estimate of drug-likeness (QED) is 0.325. The first-order valence-electron chi connectivity index (χ1n) is 9.96. The number of amides is 1. The number of anilines is 1. The molecule has 1 unspecified atom stereocenters. The second-order valence-corrected chi connectivity index (χ2v) is 9.78. The number of benzene rings is 2. The Morgan fingerprint density at radius 2 is 1.82 bits per heavy atom. The zero-order valence-corrected chi connectivity index (χ0v) is 21.1. The molecule has 1 heterocycles.